The van der Waals surface area contributed by atoms with Crippen LogP contribution in [0.15, 0.2) is 23.7 Å². The lowest BCUT2D eigenvalue weighted by Gasteiger charge is -2.35. The van der Waals surface area contributed by atoms with Crippen LogP contribution in [0, 0.1) is 6.92 Å². The van der Waals surface area contributed by atoms with Gasteiger partial charge in [-0.3, -0.25) is 4.79 Å². The minimum atomic E-state index is 0.165. The summed E-state index contributed by atoms with van der Waals surface area (Å²) >= 11 is 1.52. The van der Waals surface area contributed by atoms with E-state index < -0.39 is 0 Å². The van der Waals surface area contributed by atoms with Crippen LogP contribution in [0.5, 0.6) is 0 Å². The fraction of sp³-hybridized carbons (Fsp3) is 0.400. The molecule has 0 aliphatic carbocycles. The molecule has 1 saturated heterocycles. The molecule has 0 radical (unpaired) electrons. The fourth-order valence-electron chi connectivity index (χ4n) is 3.41. The van der Waals surface area contributed by atoms with Crippen molar-refractivity contribution in [3.8, 4) is 0 Å². The van der Waals surface area contributed by atoms with Gasteiger partial charge < -0.3 is 4.90 Å². The van der Waals surface area contributed by atoms with Crippen LogP contribution in [0.25, 0.3) is 0 Å². The summed E-state index contributed by atoms with van der Waals surface area (Å²) in [6, 6.07) is 4.31. The van der Waals surface area contributed by atoms with Gasteiger partial charge in [-0.25, -0.2) is 9.97 Å². The number of hydrogen-bond donors (Lipinski definition) is 0. The third-order valence-electron chi connectivity index (χ3n) is 4.28. The standard InChI is InChI=1S/C15H15N3OS/c1-9-16-8-11-12(17-9)7-10-4-5-13(11)18(10)15(19)14-3-2-6-20-14/h2-3,6,8,10,13H,4-5,7H2,1H3. The lowest BCUT2D eigenvalue weighted by atomic mass is 9.99. The Balaban J connectivity index is 1.74. The predicted octanol–water partition coefficient (Wildman–Crippen LogP) is 2.75. The average Bonchev–Trinajstić information content (AvgIpc) is 3.06. The largest absolute Gasteiger partial charge is 0.327 e. The highest BCUT2D eigenvalue weighted by atomic mass is 32.1. The Kier molecular flexibility index (Phi) is 2.63. The number of thiophene rings is 1. The van der Waals surface area contributed by atoms with Gasteiger partial charge in [0.25, 0.3) is 5.91 Å². The highest BCUT2D eigenvalue weighted by Gasteiger charge is 2.43. The van der Waals surface area contributed by atoms with Crippen molar-refractivity contribution in [2.45, 2.75) is 38.3 Å². The number of aromatic nitrogens is 2. The van der Waals surface area contributed by atoms with Crippen LogP contribution in [0.3, 0.4) is 0 Å². The Labute approximate surface area is 121 Å². The van der Waals surface area contributed by atoms with Gasteiger partial charge in [-0.05, 0) is 31.2 Å². The van der Waals surface area contributed by atoms with Gasteiger partial charge in [0.1, 0.15) is 5.82 Å². The molecule has 5 heteroatoms. The second-order valence-corrected chi connectivity index (χ2v) is 6.41. The molecular formula is C15H15N3OS. The zero-order chi connectivity index (χ0) is 13.7. The highest BCUT2D eigenvalue weighted by molar-refractivity contribution is 7.12. The number of rotatable bonds is 1. The summed E-state index contributed by atoms with van der Waals surface area (Å²) in [5.41, 5.74) is 2.29. The normalized spacial score (nSPS) is 23.8. The molecule has 4 nitrogen and oxygen atoms in total. The lowest BCUT2D eigenvalue weighted by Crippen LogP contribution is -2.42. The number of hydrogen-bond acceptors (Lipinski definition) is 4. The molecule has 4 heterocycles. The van der Waals surface area contributed by atoms with E-state index in [1.165, 1.54) is 11.3 Å². The Morgan fingerprint density at radius 2 is 2.35 bits per heavy atom. The first-order chi connectivity index (χ1) is 9.74. The van der Waals surface area contributed by atoms with Gasteiger partial charge in [0.2, 0.25) is 0 Å². The van der Waals surface area contributed by atoms with Gasteiger partial charge in [0.05, 0.1) is 16.6 Å². The molecule has 2 aliphatic heterocycles. The average molecular weight is 285 g/mol. The van der Waals surface area contributed by atoms with Crippen molar-refractivity contribution in [3.63, 3.8) is 0 Å². The van der Waals surface area contributed by atoms with Crippen LogP contribution in [0.2, 0.25) is 0 Å². The van der Waals surface area contributed by atoms with Gasteiger partial charge in [0, 0.05) is 24.2 Å². The summed E-state index contributed by atoms with van der Waals surface area (Å²) in [5.74, 6) is 0.986. The number of fused-ring (bicyclic) bond motifs is 4. The minimum Gasteiger partial charge on any atom is -0.327 e. The van der Waals surface area contributed by atoms with E-state index in [0.717, 1.165) is 41.2 Å². The Hall–Kier alpha value is -1.75. The van der Waals surface area contributed by atoms with E-state index in [0.29, 0.717) is 6.04 Å². The van der Waals surface area contributed by atoms with Gasteiger partial charge in [-0.1, -0.05) is 6.07 Å². The van der Waals surface area contributed by atoms with Crippen LogP contribution in [-0.4, -0.2) is 26.8 Å². The highest BCUT2D eigenvalue weighted by Crippen LogP contribution is 2.43. The smallest absolute Gasteiger partial charge is 0.264 e. The van der Waals surface area contributed by atoms with E-state index in [1.807, 2.05) is 30.6 Å². The number of carbonyl (C=O) groups excluding carboxylic acids is 1. The lowest BCUT2D eigenvalue weighted by molar-refractivity contribution is 0.0649. The molecule has 4 rings (SSSR count). The van der Waals surface area contributed by atoms with E-state index in [4.69, 9.17) is 0 Å². The van der Waals surface area contributed by atoms with Crippen molar-refractivity contribution in [1.29, 1.82) is 0 Å². The van der Waals surface area contributed by atoms with Crippen molar-refractivity contribution in [2.24, 2.45) is 0 Å². The Morgan fingerprint density at radius 1 is 1.45 bits per heavy atom. The molecular weight excluding hydrogens is 270 g/mol. The molecule has 2 aromatic rings. The molecule has 102 valence electrons. The van der Waals surface area contributed by atoms with Crippen molar-refractivity contribution in [3.05, 3.63) is 45.7 Å². The summed E-state index contributed by atoms with van der Waals surface area (Å²) in [6.45, 7) is 1.92. The second-order valence-electron chi connectivity index (χ2n) is 5.46. The zero-order valence-corrected chi connectivity index (χ0v) is 12.1. The third-order valence-corrected chi connectivity index (χ3v) is 5.14. The maximum atomic E-state index is 12.7. The molecule has 2 unspecified atom stereocenters. The van der Waals surface area contributed by atoms with Gasteiger partial charge in [-0.2, -0.15) is 0 Å². The summed E-state index contributed by atoms with van der Waals surface area (Å²) in [6.07, 6.45) is 4.88. The summed E-state index contributed by atoms with van der Waals surface area (Å²) in [5, 5.41) is 1.96. The van der Waals surface area contributed by atoms with Gasteiger partial charge in [0.15, 0.2) is 0 Å². The molecule has 0 saturated carbocycles. The molecule has 0 aromatic carbocycles. The summed E-state index contributed by atoms with van der Waals surface area (Å²) < 4.78 is 0. The Morgan fingerprint density at radius 3 is 3.15 bits per heavy atom. The van der Waals surface area contributed by atoms with Crippen LogP contribution >= 0.6 is 11.3 Å². The molecule has 20 heavy (non-hydrogen) atoms. The van der Waals surface area contributed by atoms with E-state index in [9.17, 15) is 4.79 Å². The molecule has 2 atom stereocenters. The number of amides is 1. The SMILES string of the molecule is Cc1ncc2c(n1)CC1CCC2N1C(=O)c1cccs1. The zero-order valence-electron chi connectivity index (χ0n) is 11.2. The van der Waals surface area contributed by atoms with Gasteiger partial charge in [-0.15, -0.1) is 11.3 Å². The van der Waals surface area contributed by atoms with E-state index >= 15 is 0 Å². The van der Waals surface area contributed by atoms with Crippen molar-refractivity contribution >= 4 is 17.2 Å². The van der Waals surface area contributed by atoms with Crippen molar-refractivity contribution in [2.75, 3.05) is 0 Å². The predicted molar refractivity (Wildman–Crippen MR) is 76.7 cm³/mol. The van der Waals surface area contributed by atoms with E-state index in [1.54, 1.807) is 0 Å². The monoisotopic (exact) mass is 285 g/mol. The van der Waals surface area contributed by atoms with Crippen molar-refractivity contribution < 1.29 is 4.79 Å². The van der Waals surface area contributed by atoms with Crippen LogP contribution < -0.4 is 0 Å². The summed E-state index contributed by atoms with van der Waals surface area (Å²) in [4.78, 5) is 24.5. The van der Waals surface area contributed by atoms with Crippen molar-refractivity contribution in [1.82, 2.24) is 14.9 Å². The van der Waals surface area contributed by atoms with Crippen LogP contribution in [0.4, 0.5) is 0 Å². The molecule has 2 aromatic heterocycles. The first-order valence-electron chi connectivity index (χ1n) is 6.92. The topological polar surface area (TPSA) is 46.1 Å². The fourth-order valence-corrected chi connectivity index (χ4v) is 4.08. The third kappa shape index (κ3) is 1.69. The maximum Gasteiger partial charge on any atom is 0.264 e. The van der Waals surface area contributed by atoms with Crippen LogP contribution in [-0.2, 0) is 6.42 Å². The van der Waals surface area contributed by atoms with Crippen LogP contribution in [0.1, 0.15) is 45.6 Å². The van der Waals surface area contributed by atoms with Gasteiger partial charge >= 0.3 is 0 Å². The van der Waals surface area contributed by atoms with E-state index in [2.05, 4.69) is 14.9 Å². The molecule has 0 spiro atoms. The molecule has 0 N–H and O–H groups in total. The Bertz CT molecular complexity index is 668. The second kappa shape index (κ2) is 4.38. The quantitative estimate of drug-likeness (QED) is 0.809. The number of nitrogens with zero attached hydrogens (tertiary/aromatic N) is 3. The number of aryl methyl sites for hydroxylation is 1. The van der Waals surface area contributed by atoms with E-state index in [-0.39, 0.29) is 11.9 Å². The first-order valence-corrected chi connectivity index (χ1v) is 7.80. The minimum absolute atomic E-state index is 0.165. The number of carbonyl (C=O) groups is 1. The first kappa shape index (κ1) is 12.0. The molecule has 2 bridgehead atoms. The molecule has 1 fully saturated rings. The molecule has 1 amide bonds. The maximum absolute atomic E-state index is 12.7. The molecule has 2 aliphatic rings. The summed E-state index contributed by atoms with van der Waals surface area (Å²) in [7, 11) is 0.